The molecule has 0 aliphatic carbocycles. The predicted molar refractivity (Wildman–Crippen MR) is 194 cm³/mol. The van der Waals surface area contributed by atoms with Crippen LogP contribution < -0.4 is 14.4 Å². The van der Waals surface area contributed by atoms with E-state index in [4.69, 9.17) is 19.4 Å². The van der Waals surface area contributed by atoms with Crippen molar-refractivity contribution >= 4 is 37.6 Å². The first-order valence-corrected chi connectivity index (χ1v) is 18.5. The number of nitrogens with zero attached hydrogens (tertiary/aromatic N) is 5. The number of imidazole rings is 1. The Morgan fingerprint density at radius 1 is 0.694 bits per heavy atom. The molecule has 2 aromatic heterocycles. The number of hydrogen-bond acceptors (Lipinski definition) is 8. The van der Waals surface area contributed by atoms with Gasteiger partial charge in [0.15, 0.2) is 5.82 Å². The standard InChI is InChI=1S/C39H41N5O4S/c1-47-32-18-14-29(15-19-32)25-43(26-30-16-20-33(48-2)21-17-30)38-36-37(34-8-4-5-9-35(34)40-38)44(39(41-36)49(3,45)46)27-31-12-10-28(11-13-31)24-42-22-6-7-23-42/h4-5,8-21H,6-7,22-27H2,1-3H3. The zero-order valence-corrected chi connectivity index (χ0v) is 29.0. The van der Waals surface area contributed by atoms with Crippen molar-refractivity contribution in [3.8, 4) is 11.5 Å². The van der Waals surface area contributed by atoms with Crippen LogP contribution in [0.2, 0.25) is 0 Å². The summed E-state index contributed by atoms with van der Waals surface area (Å²) >= 11 is 0. The molecular formula is C39H41N5O4S. The normalized spacial score (nSPS) is 13.7. The molecule has 0 bridgehead atoms. The van der Waals surface area contributed by atoms with E-state index in [-0.39, 0.29) is 5.16 Å². The highest BCUT2D eigenvalue weighted by Crippen LogP contribution is 2.35. The van der Waals surface area contributed by atoms with Crippen LogP contribution in [0.5, 0.6) is 11.5 Å². The number of likely N-dealkylation sites (tertiary alicyclic amines) is 1. The molecule has 0 N–H and O–H groups in total. The molecule has 1 aliphatic heterocycles. The minimum atomic E-state index is -3.71. The second-order valence-corrected chi connectivity index (χ2v) is 14.7. The molecule has 7 rings (SSSR count). The van der Waals surface area contributed by atoms with Crippen LogP contribution in [0.1, 0.15) is 35.1 Å². The van der Waals surface area contributed by atoms with Gasteiger partial charge in [0.1, 0.15) is 17.0 Å². The van der Waals surface area contributed by atoms with Gasteiger partial charge in [-0.05, 0) is 78.5 Å². The van der Waals surface area contributed by atoms with Crippen LogP contribution >= 0.6 is 0 Å². The van der Waals surface area contributed by atoms with E-state index >= 15 is 0 Å². The van der Waals surface area contributed by atoms with E-state index < -0.39 is 9.84 Å². The molecule has 1 fully saturated rings. The molecule has 0 atom stereocenters. The lowest BCUT2D eigenvalue weighted by atomic mass is 10.1. The zero-order valence-electron chi connectivity index (χ0n) is 28.2. The maximum Gasteiger partial charge on any atom is 0.228 e. The van der Waals surface area contributed by atoms with Gasteiger partial charge in [-0.15, -0.1) is 0 Å². The third kappa shape index (κ3) is 7.11. The summed E-state index contributed by atoms with van der Waals surface area (Å²) in [7, 11) is -0.408. The fourth-order valence-corrected chi connectivity index (χ4v) is 7.50. The van der Waals surface area contributed by atoms with Gasteiger partial charge in [0, 0.05) is 31.3 Å². The highest BCUT2D eigenvalue weighted by atomic mass is 32.2. The quantitative estimate of drug-likeness (QED) is 0.139. The summed E-state index contributed by atoms with van der Waals surface area (Å²) < 4.78 is 39.5. The van der Waals surface area contributed by atoms with Gasteiger partial charge >= 0.3 is 0 Å². The van der Waals surface area contributed by atoms with Gasteiger partial charge < -0.3 is 18.9 Å². The van der Waals surface area contributed by atoms with Crippen LogP contribution in [0.3, 0.4) is 0 Å². The first-order valence-electron chi connectivity index (χ1n) is 16.6. The molecule has 0 unspecified atom stereocenters. The summed E-state index contributed by atoms with van der Waals surface area (Å²) in [4.78, 5) is 14.7. The van der Waals surface area contributed by atoms with Crippen molar-refractivity contribution in [2.24, 2.45) is 0 Å². The number of sulfone groups is 1. The Labute approximate surface area is 287 Å². The fraction of sp³-hybridized carbons (Fsp3) is 0.282. The monoisotopic (exact) mass is 675 g/mol. The molecule has 1 saturated heterocycles. The van der Waals surface area contributed by atoms with Crippen molar-refractivity contribution in [3.63, 3.8) is 0 Å². The number of methoxy groups -OCH3 is 2. The lowest BCUT2D eigenvalue weighted by Gasteiger charge is -2.25. The Hall–Kier alpha value is -4.93. The Balaban J connectivity index is 1.36. The number of anilines is 1. The smallest absolute Gasteiger partial charge is 0.228 e. The third-order valence-corrected chi connectivity index (χ3v) is 10.2. The average Bonchev–Trinajstić information content (AvgIpc) is 3.78. The molecule has 4 aromatic carbocycles. The van der Waals surface area contributed by atoms with Crippen molar-refractivity contribution in [2.45, 2.75) is 44.2 Å². The molecule has 252 valence electrons. The van der Waals surface area contributed by atoms with E-state index in [1.165, 1.54) is 24.7 Å². The molecule has 9 nitrogen and oxygen atoms in total. The fourth-order valence-electron chi connectivity index (χ4n) is 6.69. The van der Waals surface area contributed by atoms with Crippen LogP contribution in [-0.4, -0.2) is 61.4 Å². The van der Waals surface area contributed by atoms with E-state index in [1.807, 2.05) is 77.4 Å². The molecule has 3 heterocycles. The number of rotatable bonds is 12. The van der Waals surface area contributed by atoms with E-state index in [9.17, 15) is 8.42 Å². The summed E-state index contributed by atoms with van der Waals surface area (Å²) in [6.07, 6.45) is 3.73. The first kappa shape index (κ1) is 32.6. The third-order valence-electron chi connectivity index (χ3n) is 9.19. The molecule has 49 heavy (non-hydrogen) atoms. The number of aromatic nitrogens is 3. The number of hydrogen-bond donors (Lipinski definition) is 0. The van der Waals surface area contributed by atoms with Crippen molar-refractivity contribution in [1.29, 1.82) is 0 Å². The van der Waals surface area contributed by atoms with Crippen molar-refractivity contribution in [2.75, 3.05) is 38.5 Å². The number of pyridine rings is 1. The minimum absolute atomic E-state index is 0.0249. The van der Waals surface area contributed by atoms with Crippen molar-refractivity contribution in [1.82, 2.24) is 19.4 Å². The topological polar surface area (TPSA) is 89.8 Å². The molecule has 6 aromatic rings. The molecule has 0 spiro atoms. The summed E-state index contributed by atoms with van der Waals surface area (Å²) in [5.41, 5.74) is 6.42. The second kappa shape index (κ2) is 13.9. The largest absolute Gasteiger partial charge is 0.497 e. The minimum Gasteiger partial charge on any atom is -0.497 e. The molecule has 0 saturated carbocycles. The molecule has 0 radical (unpaired) electrons. The highest BCUT2D eigenvalue weighted by Gasteiger charge is 2.26. The number of fused-ring (bicyclic) bond motifs is 3. The van der Waals surface area contributed by atoms with Crippen LogP contribution in [0.15, 0.2) is 102 Å². The van der Waals surface area contributed by atoms with Crippen LogP contribution in [0.25, 0.3) is 21.9 Å². The molecule has 10 heteroatoms. The SMILES string of the molecule is COc1ccc(CN(Cc2ccc(OC)cc2)c2nc3ccccc3c3c2nc(S(C)(=O)=O)n3Cc2ccc(CN3CCCC3)cc2)cc1. The highest BCUT2D eigenvalue weighted by molar-refractivity contribution is 7.90. The average molecular weight is 676 g/mol. The molecule has 0 amide bonds. The summed E-state index contributed by atoms with van der Waals surface area (Å²) in [5, 5.41) is 0.875. The maximum atomic E-state index is 13.4. The van der Waals surface area contributed by atoms with Crippen molar-refractivity contribution < 1.29 is 17.9 Å². The number of benzene rings is 4. The van der Waals surface area contributed by atoms with E-state index in [1.54, 1.807) is 14.2 Å². The van der Waals surface area contributed by atoms with E-state index in [0.717, 1.165) is 64.2 Å². The van der Waals surface area contributed by atoms with Gasteiger partial charge in [0.2, 0.25) is 15.0 Å². The van der Waals surface area contributed by atoms with Gasteiger partial charge in [-0.25, -0.2) is 18.4 Å². The number of ether oxygens (including phenoxy) is 2. The van der Waals surface area contributed by atoms with Gasteiger partial charge in [0.25, 0.3) is 0 Å². The van der Waals surface area contributed by atoms with Gasteiger partial charge in [-0.1, -0.05) is 66.7 Å². The molecule has 1 aliphatic rings. The molecular weight excluding hydrogens is 635 g/mol. The van der Waals surface area contributed by atoms with Gasteiger partial charge in [-0.3, -0.25) is 4.90 Å². The van der Waals surface area contributed by atoms with Crippen LogP contribution in [0.4, 0.5) is 5.82 Å². The lowest BCUT2D eigenvalue weighted by Crippen LogP contribution is -2.23. The predicted octanol–water partition coefficient (Wildman–Crippen LogP) is 6.86. The number of para-hydroxylation sites is 1. The Morgan fingerprint density at radius 3 is 1.78 bits per heavy atom. The maximum absolute atomic E-state index is 13.4. The van der Waals surface area contributed by atoms with Gasteiger partial charge in [-0.2, -0.15) is 0 Å². The first-order chi connectivity index (χ1) is 23.8. The summed E-state index contributed by atoms with van der Waals surface area (Å²) in [5.74, 6) is 2.17. The Morgan fingerprint density at radius 2 is 1.22 bits per heavy atom. The van der Waals surface area contributed by atoms with Crippen LogP contribution in [-0.2, 0) is 36.0 Å². The summed E-state index contributed by atoms with van der Waals surface area (Å²) in [6.45, 7) is 4.58. The Kier molecular flexibility index (Phi) is 9.25. The zero-order chi connectivity index (χ0) is 34.0. The van der Waals surface area contributed by atoms with E-state index in [0.29, 0.717) is 31.0 Å². The lowest BCUT2D eigenvalue weighted by molar-refractivity contribution is 0.331. The van der Waals surface area contributed by atoms with E-state index in [2.05, 4.69) is 34.1 Å². The van der Waals surface area contributed by atoms with Crippen molar-refractivity contribution in [3.05, 3.63) is 119 Å². The van der Waals surface area contributed by atoms with Gasteiger partial charge in [0.05, 0.1) is 31.8 Å². The van der Waals surface area contributed by atoms with Crippen LogP contribution in [0, 0.1) is 0 Å². The Bertz CT molecular complexity index is 2130. The second-order valence-electron chi connectivity index (χ2n) is 12.8. The summed E-state index contributed by atoms with van der Waals surface area (Å²) in [6, 6.07) is 32.3.